The molecule has 2 saturated carbocycles. The lowest BCUT2D eigenvalue weighted by atomic mass is 9.78. The van der Waals surface area contributed by atoms with Gasteiger partial charge >= 0.3 is 33.2 Å². The zero-order chi connectivity index (χ0) is 19.7. The molecule has 2 N–H and O–H groups in total. The number of fused-ring (bicyclic) bond motifs is 1. The molecule has 0 amide bonds. The molecule has 3 fully saturated rings. The molecule has 26 heavy (non-hydrogen) atoms. The Morgan fingerprint density at radius 3 is 2.46 bits per heavy atom. The fraction of sp³-hybridized carbons (Fsp3) is 0.846. The van der Waals surface area contributed by atoms with Crippen LogP contribution in [-0.2, 0) is 29.2 Å². The predicted octanol–water partition coefficient (Wildman–Crippen LogP) is 0.204. The van der Waals surface area contributed by atoms with E-state index in [2.05, 4.69) is 4.74 Å². The van der Waals surface area contributed by atoms with Crippen LogP contribution in [0.25, 0.3) is 0 Å². The summed E-state index contributed by atoms with van der Waals surface area (Å²) >= 11 is 0. The van der Waals surface area contributed by atoms with Gasteiger partial charge in [0.05, 0.1) is 31.0 Å². The Balaban J connectivity index is 1.63. The maximum absolute atomic E-state index is 13.4. The van der Waals surface area contributed by atoms with Crippen molar-refractivity contribution in [1.82, 2.24) is 0 Å². The smallest absolute Gasteiger partial charge is 0.431 e. The summed E-state index contributed by atoms with van der Waals surface area (Å²) in [5.74, 6) is -10.1. The summed E-state index contributed by atoms with van der Waals surface area (Å²) in [6.07, 6.45) is -3.39. The van der Waals surface area contributed by atoms with Crippen molar-refractivity contribution >= 4 is 22.1 Å². The predicted molar refractivity (Wildman–Crippen MR) is 71.5 cm³/mol. The summed E-state index contributed by atoms with van der Waals surface area (Å²) in [6.45, 7) is -1.27. The van der Waals surface area contributed by atoms with Gasteiger partial charge in [0.1, 0.15) is 6.10 Å². The van der Waals surface area contributed by atoms with E-state index in [0.29, 0.717) is 6.42 Å². The van der Waals surface area contributed by atoms with Gasteiger partial charge in [-0.2, -0.15) is 26.0 Å². The fourth-order valence-corrected chi connectivity index (χ4v) is 4.53. The van der Waals surface area contributed by atoms with Crippen LogP contribution >= 0.6 is 0 Å². The lowest BCUT2D eigenvalue weighted by Gasteiger charge is -2.27. The van der Waals surface area contributed by atoms with Crippen molar-refractivity contribution in [3.63, 3.8) is 0 Å². The first kappa shape index (κ1) is 19.3. The molecular formula is C13H14F4O8S. The maximum Gasteiger partial charge on any atom is 0.431 e. The first-order chi connectivity index (χ1) is 11.8. The quantitative estimate of drug-likeness (QED) is 0.364. The summed E-state index contributed by atoms with van der Waals surface area (Å²) in [5, 5.41) is 4.24. The van der Waals surface area contributed by atoms with Crippen LogP contribution in [0.3, 0.4) is 0 Å². The highest BCUT2D eigenvalue weighted by atomic mass is 32.2. The molecule has 0 radical (unpaired) electrons. The SMILES string of the molecule is O=C(OCCC(F)(F)C(F)(F)S(=O)(=O)O)C1C2CC3C(OC(=O)C31)C2O. The molecule has 8 nitrogen and oxygen atoms in total. The minimum Gasteiger partial charge on any atom is -0.465 e. The second kappa shape index (κ2) is 5.76. The lowest BCUT2D eigenvalue weighted by molar-refractivity contribution is -0.177. The summed E-state index contributed by atoms with van der Waals surface area (Å²) in [6, 6.07) is 0. The van der Waals surface area contributed by atoms with E-state index in [-0.39, 0.29) is 0 Å². The zero-order valence-electron chi connectivity index (χ0n) is 12.8. The number of hydrogen-bond donors (Lipinski definition) is 2. The van der Waals surface area contributed by atoms with E-state index < -0.39 is 82.1 Å². The fourth-order valence-electron chi connectivity index (χ4n) is 4.05. The molecule has 1 saturated heterocycles. The number of esters is 2. The minimum atomic E-state index is -6.37. The Morgan fingerprint density at radius 2 is 1.88 bits per heavy atom. The molecular weight excluding hydrogens is 392 g/mol. The Bertz CT molecular complexity index is 738. The number of aliphatic hydroxyl groups excluding tert-OH is 1. The summed E-state index contributed by atoms with van der Waals surface area (Å²) in [4.78, 5) is 23.9. The minimum absolute atomic E-state index is 0.305. The normalized spacial score (nSPS) is 36.3. The monoisotopic (exact) mass is 406 g/mol. The molecule has 0 aromatic carbocycles. The van der Waals surface area contributed by atoms with Crippen LogP contribution in [0, 0.1) is 23.7 Å². The van der Waals surface area contributed by atoms with Gasteiger partial charge in [-0.1, -0.05) is 0 Å². The average molecular weight is 406 g/mol. The molecule has 2 aliphatic carbocycles. The van der Waals surface area contributed by atoms with Gasteiger partial charge in [0.25, 0.3) is 0 Å². The maximum atomic E-state index is 13.4. The molecule has 0 aromatic rings. The standard InChI is InChI=1S/C13H14F4O8S/c14-12(15,13(16,17)26(21,22)23)1-2-24-10(19)6-4-3-5-7(6)11(20)25-9(5)8(4)18/h4-9,18H,1-3H2,(H,21,22,23). The van der Waals surface area contributed by atoms with Crippen LogP contribution in [0.1, 0.15) is 12.8 Å². The van der Waals surface area contributed by atoms with E-state index in [0.717, 1.165) is 0 Å². The molecule has 0 aromatic heterocycles. The van der Waals surface area contributed by atoms with Crippen molar-refractivity contribution in [2.45, 2.75) is 36.2 Å². The van der Waals surface area contributed by atoms with Crippen molar-refractivity contribution in [3.8, 4) is 0 Å². The van der Waals surface area contributed by atoms with Gasteiger partial charge in [-0.3, -0.25) is 14.1 Å². The van der Waals surface area contributed by atoms with Crippen molar-refractivity contribution < 1.29 is 54.7 Å². The van der Waals surface area contributed by atoms with Gasteiger partial charge in [0.2, 0.25) is 0 Å². The van der Waals surface area contributed by atoms with Gasteiger partial charge in [-0.05, 0) is 6.42 Å². The van der Waals surface area contributed by atoms with Gasteiger partial charge in [-0.25, -0.2) is 0 Å². The molecule has 13 heteroatoms. The number of aliphatic hydroxyl groups is 1. The molecule has 0 spiro atoms. The summed E-state index contributed by atoms with van der Waals surface area (Å²) in [7, 11) is -6.37. The highest BCUT2D eigenvalue weighted by molar-refractivity contribution is 7.87. The van der Waals surface area contributed by atoms with Crippen molar-refractivity contribution in [2.24, 2.45) is 23.7 Å². The highest BCUT2D eigenvalue weighted by Crippen LogP contribution is 2.58. The number of carbonyl (C=O) groups is 2. The van der Waals surface area contributed by atoms with E-state index in [1.165, 1.54) is 0 Å². The lowest BCUT2D eigenvalue weighted by Crippen LogP contribution is -2.47. The van der Waals surface area contributed by atoms with E-state index in [4.69, 9.17) is 9.29 Å². The van der Waals surface area contributed by atoms with E-state index in [1.54, 1.807) is 0 Å². The first-order valence-electron chi connectivity index (χ1n) is 7.57. The number of ether oxygens (including phenoxy) is 2. The number of halogens is 4. The Morgan fingerprint density at radius 1 is 1.27 bits per heavy atom. The number of alkyl halides is 4. The van der Waals surface area contributed by atoms with Crippen molar-refractivity contribution in [3.05, 3.63) is 0 Å². The molecule has 1 aliphatic heterocycles. The second-order valence-corrected chi connectivity index (χ2v) is 8.08. The van der Waals surface area contributed by atoms with Gasteiger partial charge < -0.3 is 14.6 Å². The number of carbonyl (C=O) groups excluding carboxylic acids is 2. The van der Waals surface area contributed by atoms with E-state index in [1.807, 2.05) is 0 Å². The largest absolute Gasteiger partial charge is 0.465 e. The number of hydrogen-bond acceptors (Lipinski definition) is 7. The first-order valence-corrected chi connectivity index (χ1v) is 9.01. The Hall–Kier alpha value is -1.47. The van der Waals surface area contributed by atoms with E-state index in [9.17, 15) is 40.7 Å². The molecule has 1 heterocycles. The Labute approximate surface area is 144 Å². The van der Waals surface area contributed by atoms with Gasteiger partial charge in [0, 0.05) is 11.8 Å². The number of rotatable bonds is 6. The molecule has 3 aliphatic rings. The third kappa shape index (κ3) is 2.59. The average Bonchev–Trinajstić information content (AvgIpc) is 3.09. The molecule has 6 unspecified atom stereocenters. The van der Waals surface area contributed by atoms with E-state index >= 15 is 0 Å². The Kier molecular flexibility index (Phi) is 4.28. The van der Waals surface area contributed by atoms with Gasteiger partial charge in [0.15, 0.2) is 0 Å². The van der Waals surface area contributed by atoms with Gasteiger partial charge in [-0.15, -0.1) is 0 Å². The third-order valence-corrected chi connectivity index (χ3v) is 6.20. The van der Waals surface area contributed by atoms with Crippen LogP contribution in [0.2, 0.25) is 0 Å². The zero-order valence-corrected chi connectivity index (χ0v) is 13.7. The van der Waals surface area contributed by atoms with Crippen LogP contribution in [0.5, 0.6) is 0 Å². The third-order valence-electron chi connectivity index (χ3n) is 5.26. The molecule has 3 rings (SSSR count). The molecule has 6 atom stereocenters. The molecule has 2 bridgehead atoms. The summed E-state index contributed by atoms with van der Waals surface area (Å²) in [5.41, 5.74) is 0. The molecule has 148 valence electrons. The van der Waals surface area contributed by atoms with Crippen molar-refractivity contribution in [2.75, 3.05) is 6.61 Å². The topological polar surface area (TPSA) is 127 Å². The van der Waals surface area contributed by atoms with Crippen LogP contribution < -0.4 is 0 Å². The summed E-state index contributed by atoms with van der Waals surface area (Å²) < 4.78 is 91.3. The second-order valence-electron chi connectivity index (χ2n) is 6.62. The van der Waals surface area contributed by atoms with Crippen molar-refractivity contribution in [1.29, 1.82) is 0 Å². The van der Waals surface area contributed by atoms with Crippen LogP contribution in [0.4, 0.5) is 17.6 Å². The highest BCUT2D eigenvalue weighted by Gasteiger charge is 2.69. The van der Waals surface area contributed by atoms with Crippen LogP contribution in [0.15, 0.2) is 0 Å². The van der Waals surface area contributed by atoms with Crippen LogP contribution in [-0.4, -0.2) is 60.0 Å².